The van der Waals surface area contributed by atoms with E-state index in [0.717, 1.165) is 6.20 Å². The lowest BCUT2D eigenvalue weighted by molar-refractivity contribution is -0.141. The van der Waals surface area contributed by atoms with Gasteiger partial charge in [0, 0.05) is 28.5 Å². The first kappa shape index (κ1) is 21.8. The van der Waals surface area contributed by atoms with E-state index in [9.17, 15) is 22.4 Å². The lowest BCUT2D eigenvalue weighted by Gasteiger charge is -2.14. The summed E-state index contributed by atoms with van der Waals surface area (Å²) in [6, 6.07) is 9.45. The van der Waals surface area contributed by atoms with Crippen molar-refractivity contribution in [3.8, 4) is 0 Å². The number of hydrogen-bond donors (Lipinski definition) is 2. The molecule has 0 aliphatic rings. The fourth-order valence-corrected chi connectivity index (χ4v) is 2.99. The Morgan fingerprint density at radius 1 is 1.03 bits per heavy atom. The average molecular weight is 459 g/mol. The highest BCUT2D eigenvalue weighted by atomic mass is 35.5. The molecule has 0 saturated carbocycles. The number of alkyl halides is 3. The van der Waals surface area contributed by atoms with E-state index in [1.807, 2.05) is 0 Å². The Balaban J connectivity index is 1.83. The summed E-state index contributed by atoms with van der Waals surface area (Å²) in [6.45, 7) is -0.0998. The van der Waals surface area contributed by atoms with Crippen molar-refractivity contribution in [3.63, 3.8) is 0 Å². The van der Waals surface area contributed by atoms with Crippen LogP contribution in [0.1, 0.15) is 21.6 Å². The molecule has 2 N–H and O–H groups in total. The number of anilines is 2. The lowest BCUT2D eigenvalue weighted by atomic mass is 10.2. The van der Waals surface area contributed by atoms with Gasteiger partial charge >= 0.3 is 6.18 Å². The summed E-state index contributed by atoms with van der Waals surface area (Å²) in [5, 5.41) is 5.43. The Kier molecular flexibility index (Phi) is 6.42. The lowest BCUT2D eigenvalue weighted by Crippen LogP contribution is -2.27. The van der Waals surface area contributed by atoms with Gasteiger partial charge in [0.05, 0.1) is 5.56 Å². The number of carbonyl (C=O) groups excluding carboxylic acids is 1. The number of aromatic nitrogens is 2. The van der Waals surface area contributed by atoms with Gasteiger partial charge in [0.1, 0.15) is 5.82 Å². The van der Waals surface area contributed by atoms with Crippen LogP contribution in [0.15, 0.2) is 48.7 Å². The average Bonchev–Trinajstić information content (AvgIpc) is 2.66. The molecule has 3 rings (SSSR count). The maximum absolute atomic E-state index is 13.5. The molecule has 0 bridgehead atoms. The van der Waals surface area contributed by atoms with Gasteiger partial charge in [-0.05, 0) is 35.9 Å². The molecule has 0 spiro atoms. The minimum Gasteiger partial charge on any atom is -0.348 e. The molecule has 2 aromatic carbocycles. The highest BCUT2D eigenvalue weighted by molar-refractivity contribution is 6.35. The second-order valence-corrected chi connectivity index (χ2v) is 6.92. The minimum absolute atomic E-state index is 0.0998. The van der Waals surface area contributed by atoms with Gasteiger partial charge in [-0.1, -0.05) is 35.3 Å². The van der Waals surface area contributed by atoms with E-state index in [-0.39, 0.29) is 22.3 Å². The number of nitrogens with zero attached hydrogens (tertiary/aromatic N) is 2. The molecule has 3 aromatic rings. The van der Waals surface area contributed by atoms with Gasteiger partial charge in [-0.3, -0.25) is 4.79 Å². The summed E-state index contributed by atoms with van der Waals surface area (Å²) in [6.07, 6.45) is -4.14. The molecule has 1 aromatic heterocycles. The van der Waals surface area contributed by atoms with Gasteiger partial charge in [-0.15, -0.1) is 0 Å². The SMILES string of the molecule is O=C(NCc1ccc(F)cc1)c1cnc(Nc2cc(Cl)cc(Cl)c2)nc1C(F)(F)F. The molecular weight excluding hydrogens is 447 g/mol. The van der Waals surface area contributed by atoms with Crippen molar-refractivity contribution in [2.45, 2.75) is 12.7 Å². The first-order valence-electron chi connectivity index (χ1n) is 8.32. The van der Waals surface area contributed by atoms with E-state index >= 15 is 0 Å². The first-order chi connectivity index (χ1) is 14.1. The van der Waals surface area contributed by atoms with Gasteiger partial charge in [-0.25, -0.2) is 14.4 Å². The summed E-state index contributed by atoms with van der Waals surface area (Å²) in [7, 11) is 0. The van der Waals surface area contributed by atoms with Gasteiger partial charge in [-0.2, -0.15) is 13.2 Å². The van der Waals surface area contributed by atoms with E-state index in [1.165, 1.54) is 42.5 Å². The van der Waals surface area contributed by atoms with E-state index in [4.69, 9.17) is 23.2 Å². The van der Waals surface area contributed by atoms with E-state index in [2.05, 4.69) is 20.6 Å². The second kappa shape index (κ2) is 8.85. The molecule has 0 saturated heterocycles. The van der Waals surface area contributed by atoms with Crippen molar-refractivity contribution in [2.24, 2.45) is 0 Å². The molecule has 156 valence electrons. The molecule has 0 aliphatic heterocycles. The Bertz CT molecular complexity index is 1050. The predicted octanol–water partition coefficient (Wildman–Crippen LogP) is 5.61. The van der Waals surface area contributed by atoms with E-state index < -0.39 is 35.1 Å². The number of halogens is 6. The zero-order chi connectivity index (χ0) is 21.9. The normalized spacial score (nSPS) is 11.3. The third kappa shape index (κ3) is 5.58. The topological polar surface area (TPSA) is 66.9 Å². The van der Waals surface area contributed by atoms with Crippen LogP contribution in [0.2, 0.25) is 10.0 Å². The number of carbonyl (C=O) groups is 1. The van der Waals surface area contributed by atoms with Crippen LogP contribution in [-0.4, -0.2) is 15.9 Å². The third-order valence-corrected chi connectivity index (χ3v) is 4.22. The highest BCUT2D eigenvalue weighted by Crippen LogP contribution is 2.32. The maximum atomic E-state index is 13.5. The molecule has 1 heterocycles. The highest BCUT2D eigenvalue weighted by Gasteiger charge is 2.38. The summed E-state index contributed by atoms with van der Waals surface area (Å²) in [5.74, 6) is -1.89. The van der Waals surface area contributed by atoms with Crippen LogP contribution >= 0.6 is 23.2 Å². The van der Waals surface area contributed by atoms with Gasteiger partial charge < -0.3 is 10.6 Å². The minimum atomic E-state index is -4.91. The van der Waals surface area contributed by atoms with E-state index in [1.54, 1.807) is 0 Å². The molecule has 0 aliphatic carbocycles. The van der Waals surface area contributed by atoms with Gasteiger partial charge in [0.25, 0.3) is 5.91 Å². The molecular formula is C19H12Cl2F4N4O. The van der Waals surface area contributed by atoms with Gasteiger partial charge in [0.2, 0.25) is 5.95 Å². The van der Waals surface area contributed by atoms with Crippen LogP contribution in [0.3, 0.4) is 0 Å². The molecule has 0 fully saturated rings. The summed E-state index contributed by atoms with van der Waals surface area (Å²) < 4.78 is 53.4. The van der Waals surface area contributed by atoms with Crippen molar-refractivity contribution < 1.29 is 22.4 Å². The van der Waals surface area contributed by atoms with Crippen LogP contribution in [-0.2, 0) is 12.7 Å². The fourth-order valence-electron chi connectivity index (χ4n) is 2.46. The van der Waals surface area contributed by atoms with Gasteiger partial charge in [0.15, 0.2) is 5.69 Å². The zero-order valence-corrected chi connectivity index (χ0v) is 16.4. The number of rotatable bonds is 5. The van der Waals surface area contributed by atoms with E-state index in [0.29, 0.717) is 5.56 Å². The van der Waals surface area contributed by atoms with Crippen molar-refractivity contribution in [3.05, 3.63) is 81.3 Å². The number of hydrogen-bond acceptors (Lipinski definition) is 4. The molecule has 30 heavy (non-hydrogen) atoms. The maximum Gasteiger partial charge on any atom is 0.434 e. The summed E-state index contributed by atoms with van der Waals surface area (Å²) in [4.78, 5) is 19.5. The first-order valence-corrected chi connectivity index (χ1v) is 9.07. The second-order valence-electron chi connectivity index (χ2n) is 6.05. The number of benzene rings is 2. The van der Waals surface area contributed by atoms with Crippen molar-refractivity contribution in [1.29, 1.82) is 0 Å². The Morgan fingerprint density at radius 3 is 2.27 bits per heavy atom. The van der Waals surface area contributed by atoms with Crippen LogP contribution in [0.5, 0.6) is 0 Å². The van der Waals surface area contributed by atoms with Crippen LogP contribution in [0.25, 0.3) is 0 Å². The largest absolute Gasteiger partial charge is 0.434 e. The smallest absolute Gasteiger partial charge is 0.348 e. The Hall–Kier alpha value is -2.91. The Labute approximate surface area is 178 Å². The standard InChI is InChI=1S/C19H12Cl2F4N4O/c20-11-5-12(21)7-14(6-11)28-18-27-9-15(16(29-18)19(23,24)25)17(30)26-8-10-1-3-13(22)4-2-10/h1-7,9H,8H2,(H,26,30)(H,27,28,29). The van der Waals surface area contributed by atoms with Crippen molar-refractivity contribution in [1.82, 2.24) is 15.3 Å². The van der Waals surface area contributed by atoms with Crippen LogP contribution < -0.4 is 10.6 Å². The zero-order valence-electron chi connectivity index (χ0n) is 14.9. The quantitative estimate of drug-likeness (QED) is 0.487. The third-order valence-electron chi connectivity index (χ3n) is 3.79. The Morgan fingerprint density at radius 2 is 1.67 bits per heavy atom. The number of amides is 1. The molecule has 0 unspecified atom stereocenters. The number of nitrogens with one attached hydrogen (secondary N) is 2. The molecule has 1 amide bonds. The molecule has 5 nitrogen and oxygen atoms in total. The molecule has 0 radical (unpaired) electrons. The summed E-state index contributed by atoms with van der Waals surface area (Å²) in [5.41, 5.74) is -1.38. The molecule has 11 heteroatoms. The predicted molar refractivity (Wildman–Crippen MR) is 104 cm³/mol. The van der Waals surface area contributed by atoms with Crippen LogP contribution in [0, 0.1) is 5.82 Å². The molecule has 0 atom stereocenters. The van der Waals surface area contributed by atoms with Crippen LogP contribution in [0.4, 0.5) is 29.2 Å². The van der Waals surface area contributed by atoms with Crippen molar-refractivity contribution >= 4 is 40.7 Å². The monoisotopic (exact) mass is 458 g/mol. The summed E-state index contributed by atoms with van der Waals surface area (Å²) >= 11 is 11.7. The van der Waals surface area contributed by atoms with Crippen molar-refractivity contribution in [2.75, 3.05) is 5.32 Å². The fraction of sp³-hybridized carbons (Fsp3) is 0.105.